The predicted molar refractivity (Wildman–Crippen MR) is 44.7 cm³/mol. The second-order valence-electron chi connectivity index (χ2n) is 3.35. The average Bonchev–Trinajstić information content (AvgIpc) is 1.94. The van der Waals surface area contributed by atoms with E-state index in [4.69, 9.17) is 19.6 Å². The minimum atomic E-state index is -0.281. The van der Waals surface area contributed by atoms with Crippen molar-refractivity contribution in [1.29, 1.82) is 0 Å². The molecule has 0 fully saturated rings. The number of ether oxygens (including phenoxy) is 1. The van der Waals surface area contributed by atoms with E-state index in [1.165, 1.54) is 0 Å². The first-order chi connectivity index (χ1) is 5.56. The third-order valence-corrected chi connectivity index (χ3v) is 0.856. The molecule has 0 unspecified atom stereocenters. The highest BCUT2D eigenvalue weighted by Crippen LogP contribution is 2.06. The van der Waals surface area contributed by atoms with E-state index < -0.39 is 0 Å². The molecule has 0 aromatic heterocycles. The van der Waals surface area contributed by atoms with Crippen molar-refractivity contribution in [3.8, 4) is 0 Å². The fourth-order valence-electron chi connectivity index (χ4n) is 0.478. The molecule has 0 aromatic carbocycles. The van der Waals surface area contributed by atoms with Gasteiger partial charge < -0.3 is 9.84 Å². The second kappa shape index (κ2) is 6.37. The lowest BCUT2D eigenvalue weighted by atomic mass is 10.2. The minimum absolute atomic E-state index is 0.0418. The van der Waals surface area contributed by atoms with E-state index in [1.54, 1.807) is 0 Å². The van der Waals surface area contributed by atoms with Crippen LogP contribution in [0.3, 0.4) is 0 Å². The van der Waals surface area contributed by atoms with Gasteiger partial charge in [0.05, 0.1) is 25.4 Å². The topological polar surface area (TPSA) is 47.9 Å². The van der Waals surface area contributed by atoms with Crippen molar-refractivity contribution >= 4 is 0 Å². The molecule has 4 nitrogen and oxygen atoms in total. The number of hydrogen-bond donors (Lipinski definition) is 1. The van der Waals surface area contributed by atoms with Crippen LogP contribution in [0.5, 0.6) is 0 Å². The Balaban J connectivity index is 3.01. The van der Waals surface area contributed by atoms with Crippen LogP contribution in [0.2, 0.25) is 0 Å². The molecule has 0 amide bonds. The summed E-state index contributed by atoms with van der Waals surface area (Å²) in [5.74, 6) is 0. The van der Waals surface area contributed by atoms with Gasteiger partial charge in [-0.25, -0.2) is 9.78 Å². The van der Waals surface area contributed by atoms with Gasteiger partial charge in [-0.1, -0.05) is 0 Å². The summed E-state index contributed by atoms with van der Waals surface area (Å²) in [6, 6.07) is 0. The molecule has 74 valence electrons. The molecule has 0 rings (SSSR count). The summed E-state index contributed by atoms with van der Waals surface area (Å²) in [6.07, 6.45) is 0. The third kappa shape index (κ3) is 9.84. The van der Waals surface area contributed by atoms with Crippen LogP contribution in [-0.4, -0.2) is 37.1 Å². The Labute approximate surface area is 73.4 Å². The smallest absolute Gasteiger partial charge is 0.106 e. The highest BCUT2D eigenvalue weighted by atomic mass is 17.2. The van der Waals surface area contributed by atoms with Crippen molar-refractivity contribution in [2.75, 3.05) is 26.4 Å². The molecule has 0 aliphatic carbocycles. The molecule has 12 heavy (non-hydrogen) atoms. The van der Waals surface area contributed by atoms with Gasteiger partial charge in [0.15, 0.2) is 0 Å². The zero-order valence-electron chi connectivity index (χ0n) is 8.00. The van der Waals surface area contributed by atoms with Crippen LogP contribution in [0.25, 0.3) is 0 Å². The first-order valence-corrected chi connectivity index (χ1v) is 4.05. The monoisotopic (exact) mass is 178 g/mol. The maximum atomic E-state index is 8.35. The minimum Gasteiger partial charge on any atom is -0.394 e. The first kappa shape index (κ1) is 11.8. The lowest BCUT2D eigenvalue weighted by Gasteiger charge is -2.17. The Morgan fingerprint density at radius 3 is 2.25 bits per heavy atom. The van der Waals surface area contributed by atoms with E-state index in [2.05, 4.69) is 0 Å². The predicted octanol–water partition coefficient (Wildman–Crippen LogP) is 0.742. The maximum Gasteiger partial charge on any atom is 0.106 e. The number of hydrogen-bond acceptors (Lipinski definition) is 4. The summed E-state index contributed by atoms with van der Waals surface area (Å²) in [5.41, 5.74) is -0.281. The fourth-order valence-corrected chi connectivity index (χ4v) is 0.478. The molecule has 0 radical (unpaired) electrons. The third-order valence-electron chi connectivity index (χ3n) is 0.856. The molecule has 0 saturated heterocycles. The lowest BCUT2D eigenvalue weighted by molar-refractivity contribution is -0.351. The van der Waals surface area contributed by atoms with Gasteiger partial charge in [0, 0.05) is 0 Å². The molecule has 4 heteroatoms. The zero-order valence-corrected chi connectivity index (χ0v) is 8.00. The molecule has 1 N–H and O–H groups in total. The Kier molecular flexibility index (Phi) is 6.28. The highest BCUT2D eigenvalue weighted by Gasteiger charge is 2.10. The molecule has 0 saturated carbocycles. The SMILES string of the molecule is CC(C)(C)OOCCOCCO. The van der Waals surface area contributed by atoms with Gasteiger partial charge in [0.1, 0.15) is 6.61 Å². The van der Waals surface area contributed by atoms with Crippen molar-refractivity contribution in [3.63, 3.8) is 0 Å². The number of rotatable bonds is 6. The maximum absolute atomic E-state index is 8.35. The number of aliphatic hydroxyl groups excluding tert-OH is 1. The summed E-state index contributed by atoms with van der Waals surface area (Å²) in [5, 5.41) is 8.35. The molecule has 0 bridgehead atoms. The Morgan fingerprint density at radius 1 is 1.08 bits per heavy atom. The summed E-state index contributed by atoms with van der Waals surface area (Å²) in [4.78, 5) is 9.81. The fraction of sp³-hybridized carbons (Fsp3) is 1.00. The summed E-state index contributed by atoms with van der Waals surface area (Å²) < 4.78 is 4.94. The van der Waals surface area contributed by atoms with Gasteiger partial charge in [-0.15, -0.1) is 0 Å². The standard InChI is InChI=1S/C8H18O4/c1-8(2,3)12-11-7-6-10-5-4-9/h9H,4-7H2,1-3H3. The van der Waals surface area contributed by atoms with Gasteiger partial charge >= 0.3 is 0 Å². The molecule has 0 aliphatic heterocycles. The molecule has 0 atom stereocenters. The normalized spacial score (nSPS) is 12.0. The summed E-state index contributed by atoms with van der Waals surface area (Å²) >= 11 is 0. The van der Waals surface area contributed by atoms with Crippen molar-refractivity contribution in [2.24, 2.45) is 0 Å². The van der Waals surface area contributed by atoms with Crippen LogP contribution in [0.1, 0.15) is 20.8 Å². The molecule has 0 heterocycles. The van der Waals surface area contributed by atoms with Gasteiger partial charge in [-0.2, -0.15) is 0 Å². The first-order valence-electron chi connectivity index (χ1n) is 4.05. The molecule has 0 aliphatic rings. The largest absolute Gasteiger partial charge is 0.394 e. The van der Waals surface area contributed by atoms with Crippen molar-refractivity contribution in [2.45, 2.75) is 26.4 Å². The van der Waals surface area contributed by atoms with Crippen LogP contribution >= 0.6 is 0 Å². The summed E-state index contributed by atoms with van der Waals surface area (Å²) in [7, 11) is 0. The van der Waals surface area contributed by atoms with Crippen LogP contribution in [-0.2, 0) is 14.5 Å². The van der Waals surface area contributed by atoms with Gasteiger partial charge in [0.2, 0.25) is 0 Å². The molecular weight excluding hydrogens is 160 g/mol. The molecular formula is C8H18O4. The second-order valence-corrected chi connectivity index (χ2v) is 3.35. The van der Waals surface area contributed by atoms with E-state index in [1.807, 2.05) is 20.8 Å². The Morgan fingerprint density at radius 2 is 1.75 bits per heavy atom. The van der Waals surface area contributed by atoms with Crippen LogP contribution < -0.4 is 0 Å². The van der Waals surface area contributed by atoms with Crippen LogP contribution in [0.4, 0.5) is 0 Å². The van der Waals surface area contributed by atoms with E-state index >= 15 is 0 Å². The zero-order chi connectivity index (χ0) is 9.45. The van der Waals surface area contributed by atoms with Gasteiger partial charge in [0.25, 0.3) is 0 Å². The lowest BCUT2D eigenvalue weighted by Crippen LogP contribution is -2.20. The van der Waals surface area contributed by atoms with E-state index in [9.17, 15) is 0 Å². The van der Waals surface area contributed by atoms with Gasteiger partial charge in [-0.05, 0) is 20.8 Å². The van der Waals surface area contributed by atoms with Crippen molar-refractivity contribution in [1.82, 2.24) is 0 Å². The Bertz CT molecular complexity index is 97.7. The van der Waals surface area contributed by atoms with E-state index in [-0.39, 0.29) is 12.2 Å². The molecule has 0 aromatic rings. The average molecular weight is 178 g/mol. The summed E-state index contributed by atoms with van der Waals surface area (Å²) in [6.45, 7) is 6.93. The van der Waals surface area contributed by atoms with Crippen molar-refractivity contribution in [3.05, 3.63) is 0 Å². The van der Waals surface area contributed by atoms with Crippen molar-refractivity contribution < 1.29 is 19.6 Å². The highest BCUT2D eigenvalue weighted by molar-refractivity contribution is 4.54. The van der Waals surface area contributed by atoms with Gasteiger partial charge in [-0.3, -0.25) is 0 Å². The van der Waals surface area contributed by atoms with Crippen LogP contribution in [0, 0.1) is 0 Å². The van der Waals surface area contributed by atoms with E-state index in [0.29, 0.717) is 19.8 Å². The van der Waals surface area contributed by atoms with E-state index in [0.717, 1.165) is 0 Å². The molecule has 0 spiro atoms. The van der Waals surface area contributed by atoms with Crippen LogP contribution in [0.15, 0.2) is 0 Å². The Hall–Kier alpha value is -0.160. The number of aliphatic hydroxyl groups is 1. The quantitative estimate of drug-likeness (QED) is 0.370.